The highest BCUT2D eigenvalue weighted by Gasteiger charge is 2.11. The zero-order valence-corrected chi connectivity index (χ0v) is 10.1. The molecule has 0 aliphatic rings. The third-order valence-corrected chi connectivity index (χ3v) is 2.86. The van der Waals surface area contributed by atoms with E-state index in [0.717, 1.165) is 22.4 Å². The Hall–Kier alpha value is -1.87. The standard InChI is InChI=1S/C14H16N2O/c1-10-8-12(17-2)5-6-13(10)14(15)11-4-3-7-16-9-11/h3-9,14H,15H2,1-2H3. The van der Waals surface area contributed by atoms with Gasteiger partial charge in [0, 0.05) is 12.4 Å². The summed E-state index contributed by atoms with van der Waals surface area (Å²) >= 11 is 0. The number of rotatable bonds is 3. The van der Waals surface area contributed by atoms with Crippen LogP contribution in [0.15, 0.2) is 42.7 Å². The van der Waals surface area contributed by atoms with Crippen LogP contribution in [0.3, 0.4) is 0 Å². The molecule has 3 nitrogen and oxygen atoms in total. The minimum absolute atomic E-state index is 0.144. The van der Waals surface area contributed by atoms with E-state index in [0.29, 0.717) is 0 Å². The summed E-state index contributed by atoms with van der Waals surface area (Å²) in [5.74, 6) is 0.852. The smallest absolute Gasteiger partial charge is 0.119 e. The van der Waals surface area contributed by atoms with Gasteiger partial charge < -0.3 is 10.5 Å². The number of hydrogen-bond donors (Lipinski definition) is 1. The molecule has 1 atom stereocenters. The minimum Gasteiger partial charge on any atom is -0.497 e. The molecular weight excluding hydrogens is 212 g/mol. The normalized spacial score (nSPS) is 12.2. The van der Waals surface area contributed by atoms with Crippen LogP contribution < -0.4 is 10.5 Å². The summed E-state index contributed by atoms with van der Waals surface area (Å²) in [4.78, 5) is 4.09. The zero-order chi connectivity index (χ0) is 12.3. The molecule has 1 aromatic carbocycles. The molecule has 0 aliphatic carbocycles. The molecule has 0 saturated heterocycles. The van der Waals surface area contributed by atoms with Crippen molar-refractivity contribution >= 4 is 0 Å². The summed E-state index contributed by atoms with van der Waals surface area (Å²) in [6, 6.07) is 9.67. The number of ether oxygens (including phenoxy) is 1. The zero-order valence-electron chi connectivity index (χ0n) is 10.1. The van der Waals surface area contributed by atoms with Gasteiger partial charge in [-0.3, -0.25) is 4.98 Å². The third-order valence-electron chi connectivity index (χ3n) is 2.86. The number of nitrogens with zero attached hydrogens (tertiary/aromatic N) is 1. The van der Waals surface area contributed by atoms with Crippen LogP contribution in [0.4, 0.5) is 0 Å². The summed E-state index contributed by atoms with van der Waals surface area (Å²) in [6.07, 6.45) is 3.55. The molecule has 0 aliphatic heterocycles. The highest BCUT2D eigenvalue weighted by Crippen LogP contribution is 2.25. The molecule has 2 rings (SSSR count). The quantitative estimate of drug-likeness (QED) is 0.877. The lowest BCUT2D eigenvalue weighted by molar-refractivity contribution is 0.414. The molecular formula is C14H16N2O. The predicted octanol–water partition coefficient (Wildman–Crippen LogP) is 2.45. The van der Waals surface area contributed by atoms with Crippen molar-refractivity contribution in [3.63, 3.8) is 0 Å². The second kappa shape index (κ2) is 4.97. The first-order chi connectivity index (χ1) is 8.22. The van der Waals surface area contributed by atoms with Gasteiger partial charge in [0.1, 0.15) is 5.75 Å². The van der Waals surface area contributed by atoms with E-state index >= 15 is 0 Å². The molecule has 1 heterocycles. The van der Waals surface area contributed by atoms with Crippen molar-refractivity contribution in [3.8, 4) is 5.75 Å². The first kappa shape index (κ1) is 11.6. The molecule has 0 amide bonds. The fourth-order valence-electron chi connectivity index (χ4n) is 1.86. The van der Waals surface area contributed by atoms with Gasteiger partial charge in [0.2, 0.25) is 0 Å². The lowest BCUT2D eigenvalue weighted by Crippen LogP contribution is -2.13. The summed E-state index contributed by atoms with van der Waals surface area (Å²) in [6.45, 7) is 2.04. The average Bonchev–Trinajstić information content (AvgIpc) is 2.39. The lowest BCUT2D eigenvalue weighted by atomic mass is 9.97. The molecule has 0 saturated carbocycles. The van der Waals surface area contributed by atoms with Crippen LogP contribution in [-0.2, 0) is 0 Å². The Bertz CT molecular complexity index is 497. The van der Waals surface area contributed by atoms with Gasteiger partial charge in [0.15, 0.2) is 0 Å². The molecule has 0 spiro atoms. The van der Waals surface area contributed by atoms with E-state index in [9.17, 15) is 0 Å². The second-order valence-electron chi connectivity index (χ2n) is 3.99. The van der Waals surface area contributed by atoms with Crippen LogP contribution in [-0.4, -0.2) is 12.1 Å². The van der Waals surface area contributed by atoms with Crippen molar-refractivity contribution in [3.05, 3.63) is 59.4 Å². The van der Waals surface area contributed by atoms with Gasteiger partial charge in [0.05, 0.1) is 13.2 Å². The van der Waals surface area contributed by atoms with E-state index in [4.69, 9.17) is 10.5 Å². The number of methoxy groups -OCH3 is 1. The summed E-state index contributed by atoms with van der Waals surface area (Å²) in [5, 5.41) is 0. The topological polar surface area (TPSA) is 48.1 Å². The van der Waals surface area contributed by atoms with Gasteiger partial charge in [-0.05, 0) is 41.8 Å². The molecule has 88 valence electrons. The molecule has 2 aromatic rings. The van der Waals surface area contributed by atoms with Crippen molar-refractivity contribution in [1.82, 2.24) is 4.98 Å². The Kier molecular flexibility index (Phi) is 3.40. The van der Waals surface area contributed by atoms with Gasteiger partial charge in [-0.1, -0.05) is 12.1 Å². The average molecular weight is 228 g/mol. The fourth-order valence-corrected chi connectivity index (χ4v) is 1.86. The van der Waals surface area contributed by atoms with E-state index in [-0.39, 0.29) is 6.04 Å². The largest absolute Gasteiger partial charge is 0.497 e. The van der Waals surface area contributed by atoms with Crippen molar-refractivity contribution in [2.45, 2.75) is 13.0 Å². The molecule has 0 bridgehead atoms. The summed E-state index contributed by atoms with van der Waals surface area (Å²) < 4.78 is 5.18. The molecule has 17 heavy (non-hydrogen) atoms. The van der Waals surface area contributed by atoms with E-state index in [1.54, 1.807) is 19.5 Å². The van der Waals surface area contributed by atoms with Gasteiger partial charge in [-0.2, -0.15) is 0 Å². The van der Waals surface area contributed by atoms with Gasteiger partial charge in [0.25, 0.3) is 0 Å². The van der Waals surface area contributed by atoms with Crippen LogP contribution >= 0.6 is 0 Å². The van der Waals surface area contributed by atoms with Crippen LogP contribution in [0.25, 0.3) is 0 Å². The third kappa shape index (κ3) is 2.45. The first-order valence-electron chi connectivity index (χ1n) is 5.52. The number of aryl methyl sites for hydroxylation is 1. The van der Waals surface area contributed by atoms with Crippen molar-refractivity contribution < 1.29 is 4.74 Å². The van der Waals surface area contributed by atoms with E-state index < -0.39 is 0 Å². The van der Waals surface area contributed by atoms with Crippen LogP contribution in [0.1, 0.15) is 22.7 Å². The Morgan fingerprint density at radius 1 is 1.29 bits per heavy atom. The summed E-state index contributed by atoms with van der Waals surface area (Å²) in [7, 11) is 1.66. The Morgan fingerprint density at radius 3 is 2.71 bits per heavy atom. The van der Waals surface area contributed by atoms with Crippen molar-refractivity contribution in [2.75, 3.05) is 7.11 Å². The van der Waals surface area contributed by atoms with Crippen LogP contribution in [0.2, 0.25) is 0 Å². The van der Waals surface area contributed by atoms with Crippen LogP contribution in [0.5, 0.6) is 5.75 Å². The van der Waals surface area contributed by atoms with Gasteiger partial charge in [-0.25, -0.2) is 0 Å². The minimum atomic E-state index is -0.144. The Balaban J connectivity index is 2.34. The molecule has 0 fully saturated rings. The number of nitrogens with two attached hydrogens (primary N) is 1. The second-order valence-corrected chi connectivity index (χ2v) is 3.99. The number of pyridine rings is 1. The maximum Gasteiger partial charge on any atom is 0.119 e. The lowest BCUT2D eigenvalue weighted by Gasteiger charge is -2.15. The van der Waals surface area contributed by atoms with Gasteiger partial charge in [-0.15, -0.1) is 0 Å². The number of hydrogen-bond acceptors (Lipinski definition) is 3. The van der Waals surface area contributed by atoms with E-state index in [2.05, 4.69) is 4.98 Å². The molecule has 1 unspecified atom stereocenters. The molecule has 0 radical (unpaired) electrons. The fraction of sp³-hybridized carbons (Fsp3) is 0.214. The van der Waals surface area contributed by atoms with E-state index in [1.807, 2.05) is 37.3 Å². The maximum absolute atomic E-state index is 6.23. The SMILES string of the molecule is COc1ccc(C(N)c2cccnc2)c(C)c1. The number of benzene rings is 1. The maximum atomic E-state index is 6.23. The predicted molar refractivity (Wildman–Crippen MR) is 68.0 cm³/mol. The monoisotopic (exact) mass is 228 g/mol. The van der Waals surface area contributed by atoms with E-state index in [1.165, 1.54) is 0 Å². The number of aromatic nitrogens is 1. The first-order valence-corrected chi connectivity index (χ1v) is 5.52. The Morgan fingerprint density at radius 2 is 2.12 bits per heavy atom. The molecule has 2 N–H and O–H groups in total. The Labute approximate surface area is 101 Å². The van der Waals surface area contributed by atoms with Crippen molar-refractivity contribution in [2.24, 2.45) is 5.73 Å². The van der Waals surface area contributed by atoms with Crippen molar-refractivity contribution in [1.29, 1.82) is 0 Å². The molecule has 1 aromatic heterocycles. The van der Waals surface area contributed by atoms with Crippen LogP contribution in [0, 0.1) is 6.92 Å². The summed E-state index contributed by atoms with van der Waals surface area (Å²) in [5.41, 5.74) is 9.46. The highest BCUT2D eigenvalue weighted by molar-refractivity contribution is 5.40. The van der Waals surface area contributed by atoms with Gasteiger partial charge >= 0.3 is 0 Å². The highest BCUT2D eigenvalue weighted by atomic mass is 16.5. The molecule has 3 heteroatoms.